The summed E-state index contributed by atoms with van der Waals surface area (Å²) in [4.78, 5) is 1.32. The molecule has 1 atom stereocenters. The molecule has 2 aromatic rings. The summed E-state index contributed by atoms with van der Waals surface area (Å²) < 4.78 is 13.1. The average Bonchev–Trinajstić information content (AvgIpc) is 2.77. The Morgan fingerprint density at radius 3 is 2.72 bits per heavy atom. The predicted octanol–water partition coefficient (Wildman–Crippen LogP) is 4.35. The van der Waals surface area contributed by atoms with Crippen LogP contribution < -0.4 is 5.32 Å². The summed E-state index contributed by atoms with van der Waals surface area (Å²) in [6.45, 7) is 2.10. The number of likely N-dealkylation sites (N-methyl/N-ethyl adjacent to an activating group) is 1. The Morgan fingerprint density at radius 1 is 1.39 bits per heavy atom. The van der Waals surface area contributed by atoms with Crippen LogP contribution in [0.25, 0.3) is 0 Å². The van der Waals surface area contributed by atoms with E-state index in [1.54, 1.807) is 23.5 Å². The van der Waals surface area contributed by atoms with Gasteiger partial charge in [-0.1, -0.05) is 17.7 Å². The third-order valence-electron chi connectivity index (χ3n) is 2.99. The number of nitrogens with one attached hydrogen (secondary N) is 1. The highest BCUT2D eigenvalue weighted by molar-refractivity contribution is 7.10. The van der Waals surface area contributed by atoms with Crippen LogP contribution >= 0.6 is 22.9 Å². The lowest BCUT2D eigenvalue weighted by Crippen LogP contribution is -2.18. The first-order valence-electron chi connectivity index (χ1n) is 5.77. The second-order valence-corrected chi connectivity index (χ2v) is 5.62. The second-order valence-electron chi connectivity index (χ2n) is 4.26. The average molecular weight is 284 g/mol. The zero-order chi connectivity index (χ0) is 13.1. The van der Waals surface area contributed by atoms with Crippen LogP contribution in [0.2, 0.25) is 5.02 Å². The highest BCUT2D eigenvalue weighted by atomic mass is 35.5. The molecule has 1 heterocycles. The lowest BCUT2D eigenvalue weighted by molar-refractivity contribution is 0.595. The molecule has 0 saturated heterocycles. The number of rotatable bonds is 4. The van der Waals surface area contributed by atoms with E-state index >= 15 is 0 Å². The molecule has 96 valence electrons. The van der Waals surface area contributed by atoms with Gasteiger partial charge in [0.1, 0.15) is 5.82 Å². The highest BCUT2D eigenvalue weighted by Crippen LogP contribution is 2.27. The quantitative estimate of drug-likeness (QED) is 0.879. The fourth-order valence-electron chi connectivity index (χ4n) is 1.97. The molecule has 0 fully saturated rings. The van der Waals surface area contributed by atoms with Crippen molar-refractivity contribution in [1.29, 1.82) is 0 Å². The molecular weight excluding hydrogens is 269 g/mol. The Bertz CT molecular complexity index is 538. The molecule has 1 aromatic carbocycles. The van der Waals surface area contributed by atoms with Gasteiger partial charge in [-0.15, -0.1) is 11.3 Å². The maximum absolute atomic E-state index is 13.1. The van der Waals surface area contributed by atoms with Gasteiger partial charge < -0.3 is 5.32 Å². The number of benzene rings is 1. The Hall–Kier alpha value is -0.900. The minimum absolute atomic E-state index is 0.185. The number of hydrogen-bond donors (Lipinski definition) is 1. The van der Waals surface area contributed by atoms with Gasteiger partial charge in [0.25, 0.3) is 0 Å². The fourth-order valence-corrected chi connectivity index (χ4v) is 3.21. The fraction of sp³-hybridized carbons (Fsp3) is 0.286. The Kier molecular flexibility index (Phi) is 4.38. The van der Waals surface area contributed by atoms with Crippen molar-refractivity contribution in [3.63, 3.8) is 0 Å². The zero-order valence-corrected chi connectivity index (χ0v) is 11.9. The monoisotopic (exact) mass is 283 g/mol. The summed E-state index contributed by atoms with van der Waals surface area (Å²) in [5.41, 5.74) is 2.32. The van der Waals surface area contributed by atoms with E-state index in [4.69, 9.17) is 11.6 Å². The van der Waals surface area contributed by atoms with Crippen LogP contribution in [0.15, 0.2) is 29.6 Å². The lowest BCUT2D eigenvalue weighted by atomic mass is 10.0. The van der Waals surface area contributed by atoms with Gasteiger partial charge in [-0.2, -0.15) is 0 Å². The summed E-state index contributed by atoms with van der Waals surface area (Å²) >= 11 is 7.54. The summed E-state index contributed by atoms with van der Waals surface area (Å²) in [7, 11) is 1.94. The molecule has 0 radical (unpaired) electrons. The van der Waals surface area contributed by atoms with E-state index in [9.17, 15) is 4.39 Å². The molecule has 2 rings (SSSR count). The van der Waals surface area contributed by atoms with Crippen LogP contribution in [0, 0.1) is 12.7 Å². The van der Waals surface area contributed by atoms with Crippen molar-refractivity contribution >= 4 is 22.9 Å². The van der Waals surface area contributed by atoms with Crippen LogP contribution in [0.4, 0.5) is 4.39 Å². The number of thiophene rings is 1. The van der Waals surface area contributed by atoms with Crippen LogP contribution in [-0.4, -0.2) is 7.05 Å². The molecule has 4 heteroatoms. The molecule has 0 bridgehead atoms. The molecule has 1 nitrogen and oxygen atoms in total. The van der Waals surface area contributed by atoms with E-state index in [2.05, 4.69) is 23.7 Å². The van der Waals surface area contributed by atoms with E-state index in [-0.39, 0.29) is 16.9 Å². The molecule has 1 unspecified atom stereocenters. The number of hydrogen-bond acceptors (Lipinski definition) is 2. The first-order chi connectivity index (χ1) is 8.61. The van der Waals surface area contributed by atoms with Crippen molar-refractivity contribution in [2.75, 3.05) is 7.05 Å². The van der Waals surface area contributed by atoms with Gasteiger partial charge in [0, 0.05) is 10.9 Å². The van der Waals surface area contributed by atoms with E-state index in [1.807, 2.05) is 7.05 Å². The van der Waals surface area contributed by atoms with Gasteiger partial charge in [0.2, 0.25) is 0 Å². The smallest absolute Gasteiger partial charge is 0.141 e. The van der Waals surface area contributed by atoms with Crippen molar-refractivity contribution in [3.8, 4) is 0 Å². The van der Waals surface area contributed by atoms with Gasteiger partial charge in [-0.3, -0.25) is 0 Å². The van der Waals surface area contributed by atoms with E-state index < -0.39 is 0 Å². The van der Waals surface area contributed by atoms with Gasteiger partial charge >= 0.3 is 0 Å². The minimum Gasteiger partial charge on any atom is -0.312 e. The summed E-state index contributed by atoms with van der Waals surface area (Å²) in [6.07, 6.45) is 0.803. The molecule has 0 aliphatic carbocycles. The zero-order valence-electron chi connectivity index (χ0n) is 10.3. The minimum atomic E-state index is -0.367. The molecule has 0 amide bonds. The van der Waals surface area contributed by atoms with Crippen molar-refractivity contribution < 1.29 is 4.39 Å². The summed E-state index contributed by atoms with van der Waals surface area (Å²) in [6, 6.07) is 7.26. The highest BCUT2D eigenvalue weighted by Gasteiger charge is 2.14. The molecule has 0 spiro atoms. The second kappa shape index (κ2) is 5.83. The van der Waals surface area contributed by atoms with Gasteiger partial charge in [0.05, 0.1) is 5.02 Å². The van der Waals surface area contributed by atoms with Crippen LogP contribution in [0.5, 0.6) is 0 Å². The first kappa shape index (κ1) is 13.5. The SMILES string of the molecule is CNC(Cc1ccc(F)c(Cl)c1)c1sccc1C. The molecule has 0 aliphatic heterocycles. The van der Waals surface area contributed by atoms with Gasteiger partial charge in [-0.05, 0) is 55.1 Å². The normalized spacial score (nSPS) is 12.7. The van der Waals surface area contributed by atoms with Crippen LogP contribution in [-0.2, 0) is 6.42 Å². The van der Waals surface area contributed by atoms with Crippen molar-refractivity contribution in [2.24, 2.45) is 0 Å². The molecule has 18 heavy (non-hydrogen) atoms. The third kappa shape index (κ3) is 2.91. The Morgan fingerprint density at radius 2 is 2.17 bits per heavy atom. The molecular formula is C14H15ClFNS. The Labute approximate surface area is 116 Å². The van der Waals surface area contributed by atoms with E-state index in [1.165, 1.54) is 16.5 Å². The van der Waals surface area contributed by atoms with Crippen LogP contribution in [0.3, 0.4) is 0 Å². The summed E-state index contributed by atoms with van der Waals surface area (Å²) in [5.74, 6) is -0.367. The topological polar surface area (TPSA) is 12.0 Å². The third-order valence-corrected chi connectivity index (χ3v) is 4.41. The van der Waals surface area contributed by atoms with Gasteiger partial charge in [0.15, 0.2) is 0 Å². The van der Waals surface area contributed by atoms with E-state index in [0.29, 0.717) is 0 Å². The first-order valence-corrected chi connectivity index (χ1v) is 7.02. The summed E-state index contributed by atoms with van der Waals surface area (Å²) in [5, 5.41) is 5.58. The maximum atomic E-state index is 13.1. The predicted molar refractivity (Wildman–Crippen MR) is 76.0 cm³/mol. The van der Waals surface area contributed by atoms with Crippen molar-refractivity contribution in [2.45, 2.75) is 19.4 Å². The van der Waals surface area contributed by atoms with E-state index in [0.717, 1.165) is 12.0 Å². The maximum Gasteiger partial charge on any atom is 0.141 e. The Balaban J connectivity index is 2.20. The van der Waals surface area contributed by atoms with Crippen molar-refractivity contribution in [1.82, 2.24) is 5.32 Å². The standard InChI is InChI=1S/C14H15ClFNS/c1-9-5-6-18-14(9)13(17-2)8-10-3-4-12(16)11(15)7-10/h3-7,13,17H,8H2,1-2H3. The van der Waals surface area contributed by atoms with Crippen molar-refractivity contribution in [3.05, 3.63) is 56.5 Å². The molecule has 1 aromatic heterocycles. The number of aryl methyl sites for hydroxylation is 1. The molecule has 0 saturated carbocycles. The number of halogens is 2. The largest absolute Gasteiger partial charge is 0.312 e. The van der Waals surface area contributed by atoms with Crippen LogP contribution in [0.1, 0.15) is 22.0 Å². The lowest BCUT2D eigenvalue weighted by Gasteiger charge is -2.16. The molecule has 0 aliphatic rings. The van der Waals surface area contributed by atoms with Gasteiger partial charge in [-0.25, -0.2) is 4.39 Å². The molecule has 1 N–H and O–H groups in total.